The molecule has 0 unspecified atom stereocenters. The fourth-order valence-corrected chi connectivity index (χ4v) is 1.56. The molecule has 5 heteroatoms. The molecule has 0 atom stereocenters. The Morgan fingerprint density at radius 3 is 2.23 bits per heavy atom. The third-order valence-corrected chi connectivity index (χ3v) is 2.36. The molecule has 0 radical (unpaired) electrons. The molecule has 2 N–H and O–H groups in total. The van der Waals surface area contributed by atoms with Gasteiger partial charge in [-0.25, -0.2) is 0 Å². The van der Waals surface area contributed by atoms with Gasteiger partial charge in [0.1, 0.15) is 0 Å². The largest absolute Gasteiger partial charge is 0.419 e. The van der Waals surface area contributed by atoms with Crippen LogP contribution in [0.5, 0.6) is 0 Å². The van der Waals surface area contributed by atoms with E-state index < -0.39 is 11.7 Å². The minimum absolute atomic E-state index is 0.0249. The van der Waals surface area contributed by atoms with Crippen molar-refractivity contribution in [3.8, 4) is 0 Å². The SMILES string of the molecule is Cc1ccc(Br)c(C(F)(F)F)c1N. The van der Waals surface area contributed by atoms with E-state index >= 15 is 0 Å². The van der Waals surface area contributed by atoms with Crippen molar-refractivity contribution in [2.45, 2.75) is 13.1 Å². The van der Waals surface area contributed by atoms with E-state index in [-0.39, 0.29) is 10.2 Å². The van der Waals surface area contributed by atoms with Gasteiger partial charge in [0.05, 0.1) is 5.56 Å². The van der Waals surface area contributed by atoms with Crippen molar-refractivity contribution >= 4 is 21.6 Å². The van der Waals surface area contributed by atoms with E-state index in [1.807, 2.05) is 0 Å². The normalized spacial score (nSPS) is 11.8. The monoisotopic (exact) mass is 253 g/mol. The van der Waals surface area contributed by atoms with Crippen LogP contribution in [0.25, 0.3) is 0 Å². The number of rotatable bonds is 0. The molecule has 1 aromatic rings. The summed E-state index contributed by atoms with van der Waals surface area (Å²) >= 11 is 2.82. The maximum Gasteiger partial charge on any atom is 0.419 e. The van der Waals surface area contributed by atoms with Crippen LogP contribution in [0.2, 0.25) is 0 Å². The molecule has 13 heavy (non-hydrogen) atoms. The van der Waals surface area contributed by atoms with Crippen molar-refractivity contribution < 1.29 is 13.2 Å². The first-order chi connectivity index (χ1) is 5.84. The molecule has 0 aromatic heterocycles. The Hall–Kier alpha value is -0.710. The van der Waals surface area contributed by atoms with Crippen LogP contribution < -0.4 is 5.73 Å². The smallest absolute Gasteiger partial charge is 0.398 e. The van der Waals surface area contributed by atoms with E-state index in [9.17, 15) is 13.2 Å². The summed E-state index contributed by atoms with van der Waals surface area (Å²) in [4.78, 5) is 0. The Morgan fingerprint density at radius 1 is 1.31 bits per heavy atom. The summed E-state index contributed by atoms with van der Waals surface area (Å²) in [6.45, 7) is 1.54. The van der Waals surface area contributed by atoms with Crippen LogP contribution in [0.3, 0.4) is 0 Å². The topological polar surface area (TPSA) is 26.0 Å². The number of hydrogen-bond acceptors (Lipinski definition) is 1. The van der Waals surface area contributed by atoms with E-state index in [0.717, 1.165) is 0 Å². The Labute approximate surface area is 81.9 Å². The van der Waals surface area contributed by atoms with Gasteiger partial charge in [0.15, 0.2) is 0 Å². The molecular formula is C8H7BrF3N. The van der Waals surface area contributed by atoms with Gasteiger partial charge in [-0.3, -0.25) is 0 Å². The quantitative estimate of drug-likeness (QED) is 0.706. The standard InChI is InChI=1S/C8H7BrF3N/c1-4-2-3-5(9)6(7(4)13)8(10,11)12/h2-3H,13H2,1H3. The predicted octanol–water partition coefficient (Wildman–Crippen LogP) is 3.36. The lowest BCUT2D eigenvalue weighted by atomic mass is 10.1. The lowest BCUT2D eigenvalue weighted by Crippen LogP contribution is -2.11. The zero-order valence-corrected chi connectivity index (χ0v) is 8.33. The number of halogens is 4. The van der Waals surface area contributed by atoms with Gasteiger partial charge in [-0.05, 0) is 18.6 Å². The van der Waals surface area contributed by atoms with Crippen LogP contribution >= 0.6 is 15.9 Å². The average molecular weight is 254 g/mol. The molecule has 0 aliphatic carbocycles. The van der Waals surface area contributed by atoms with Crippen molar-refractivity contribution in [3.63, 3.8) is 0 Å². The first-order valence-electron chi connectivity index (χ1n) is 3.46. The van der Waals surface area contributed by atoms with Gasteiger partial charge in [0.25, 0.3) is 0 Å². The van der Waals surface area contributed by atoms with E-state index in [0.29, 0.717) is 5.56 Å². The lowest BCUT2D eigenvalue weighted by molar-refractivity contribution is -0.137. The van der Waals surface area contributed by atoms with Crippen molar-refractivity contribution in [1.82, 2.24) is 0 Å². The van der Waals surface area contributed by atoms with E-state index in [1.165, 1.54) is 19.1 Å². The summed E-state index contributed by atoms with van der Waals surface area (Å²) in [5.74, 6) is 0. The van der Waals surface area contributed by atoms with Crippen molar-refractivity contribution in [1.29, 1.82) is 0 Å². The summed E-state index contributed by atoms with van der Waals surface area (Å²) in [5, 5.41) is 0. The Bertz CT molecular complexity index is 333. The zero-order chi connectivity index (χ0) is 10.2. The maximum absolute atomic E-state index is 12.4. The third-order valence-electron chi connectivity index (χ3n) is 1.70. The van der Waals surface area contributed by atoms with Gasteiger partial charge in [-0.15, -0.1) is 0 Å². The van der Waals surface area contributed by atoms with Gasteiger partial charge < -0.3 is 5.73 Å². The van der Waals surface area contributed by atoms with Gasteiger partial charge in [0.2, 0.25) is 0 Å². The fraction of sp³-hybridized carbons (Fsp3) is 0.250. The van der Waals surface area contributed by atoms with Gasteiger partial charge in [-0.1, -0.05) is 22.0 Å². The second kappa shape index (κ2) is 3.21. The number of alkyl halides is 3. The highest BCUT2D eigenvalue weighted by atomic mass is 79.9. The number of nitrogens with two attached hydrogens (primary N) is 1. The van der Waals surface area contributed by atoms with Crippen molar-refractivity contribution in [2.75, 3.05) is 5.73 Å². The molecule has 1 aromatic carbocycles. The van der Waals surface area contributed by atoms with Crippen molar-refractivity contribution in [3.05, 3.63) is 27.7 Å². The number of aryl methyl sites for hydroxylation is 1. The van der Waals surface area contributed by atoms with E-state index in [1.54, 1.807) is 0 Å². The van der Waals surface area contributed by atoms with Crippen LogP contribution in [0.15, 0.2) is 16.6 Å². The number of benzene rings is 1. The number of anilines is 1. The zero-order valence-electron chi connectivity index (χ0n) is 6.74. The molecule has 0 aliphatic rings. The van der Waals surface area contributed by atoms with Crippen LogP contribution in [-0.4, -0.2) is 0 Å². The highest BCUT2D eigenvalue weighted by Gasteiger charge is 2.35. The maximum atomic E-state index is 12.4. The second-order valence-corrected chi connectivity index (χ2v) is 3.51. The molecule has 0 fully saturated rings. The first kappa shape index (κ1) is 10.4. The molecular weight excluding hydrogens is 247 g/mol. The molecule has 1 rings (SSSR count). The Balaban J connectivity index is 3.43. The predicted molar refractivity (Wildman–Crippen MR) is 48.3 cm³/mol. The van der Waals surface area contributed by atoms with E-state index in [4.69, 9.17) is 5.73 Å². The molecule has 0 aliphatic heterocycles. The van der Waals surface area contributed by atoms with Gasteiger partial charge in [0, 0.05) is 10.2 Å². The third kappa shape index (κ3) is 1.96. The number of hydrogen-bond donors (Lipinski definition) is 1. The van der Waals surface area contributed by atoms with E-state index in [2.05, 4.69) is 15.9 Å². The molecule has 0 bridgehead atoms. The Kier molecular flexibility index (Phi) is 2.56. The van der Waals surface area contributed by atoms with Gasteiger partial charge >= 0.3 is 6.18 Å². The summed E-state index contributed by atoms with van der Waals surface area (Å²) in [6.07, 6.45) is -4.41. The van der Waals surface area contributed by atoms with Gasteiger partial charge in [-0.2, -0.15) is 13.2 Å². The van der Waals surface area contributed by atoms with Crippen LogP contribution in [0, 0.1) is 6.92 Å². The first-order valence-corrected chi connectivity index (χ1v) is 4.25. The molecule has 0 heterocycles. The molecule has 0 saturated heterocycles. The summed E-state index contributed by atoms with van der Waals surface area (Å²) in [7, 11) is 0. The highest BCUT2D eigenvalue weighted by molar-refractivity contribution is 9.10. The lowest BCUT2D eigenvalue weighted by Gasteiger charge is -2.13. The van der Waals surface area contributed by atoms with Crippen molar-refractivity contribution in [2.24, 2.45) is 0 Å². The summed E-state index contributed by atoms with van der Waals surface area (Å²) < 4.78 is 37.1. The van der Waals surface area contributed by atoms with Crippen LogP contribution in [-0.2, 0) is 6.18 Å². The van der Waals surface area contributed by atoms with Crippen LogP contribution in [0.1, 0.15) is 11.1 Å². The molecule has 72 valence electrons. The molecule has 1 nitrogen and oxygen atoms in total. The number of nitrogen functional groups attached to an aromatic ring is 1. The Morgan fingerprint density at radius 2 is 1.85 bits per heavy atom. The minimum atomic E-state index is -4.41. The highest BCUT2D eigenvalue weighted by Crippen LogP contribution is 2.39. The summed E-state index contributed by atoms with van der Waals surface area (Å²) in [6, 6.07) is 2.88. The minimum Gasteiger partial charge on any atom is -0.398 e. The average Bonchev–Trinajstić information content (AvgIpc) is 1.95. The van der Waals surface area contributed by atoms with Crippen LogP contribution in [0.4, 0.5) is 18.9 Å². The molecule has 0 spiro atoms. The molecule has 0 amide bonds. The summed E-state index contributed by atoms with van der Waals surface area (Å²) in [5.41, 5.74) is 4.73. The fourth-order valence-electron chi connectivity index (χ4n) is 0.985. The second-order valence-electron chi connectivity index (χ2n) is 2.65. The molecule has 0 saturated carbocycles.